The first kappa shape index (κ1) is 23.5. The van der Waals surface area contributed by atoms with Crippen molar-refractivity contribution in [2.24, 2.45) is 5.92 Å². The lowest BCUT2D eigenvalue weighted by Gasteiger charge is -2.17. The topological polar surface area (TPSA) is 59.6 Å². The van der Waals surface area contributed by atoms with Crippen molar-refractivity contribution in [1.29, 1.82) is 0 Å². The Morgan fingerprint density at radius 3 is 2.28 bits per heavy atom. The Morgan fingerprint density at radius 1 is 0.906 bits per heavy atom. The monoisotopic (exact) mass is 452 g/mol. The van der Waals surface area contributed by atoms with Gasteiger partial charge in [0.1, 0.15) is 6.61 Å². The Balaban J connectivity index is 1.71. The Labute approximate surface area is 194 Å². The van der Waals surface area contributed by atoms with E-state index in [-0.39, 0.29) is 11.8 Å². The second-order valence-corrected chi connectivity index (χ2v) is 8.04. The van der Waals surface area contributed by atoms with E-state index in [1.165, 1.54) is 0 Å². The van der Waals surface area contributed by atoms with Gasteiger partial charge >= 0.3 is 0 Å². The molecule has 168 valence electrons. The van der Waals surface area contributed by atoms with E-state index in [9.17, 15) is 4.79 Å². The van der Waals surface area contributed by atoms with E-state index in [1.54, 1.807) is 0 Å². The van der Waals surface area contributed by atoms with Crippen LogP contribution in [-0.2, 0) is 17.9 Å². The van der Waals surface area contributed by atoms with E-state index in [0.717, 1.165) is 22.5 Å². The summed E-state index contributed by atoms with van der Waals surface area (Å²) in [6.45, 7) is 7.13. The van der Waals surface area contributed by atoms with Gasteiger partial charge in [-0.3, -0.25) is 4.79 Å². The average Bonchev–Trinajstić information content (AvgIpc) is 2.79. The highest BCUT2D eigenvalue weighted by atomic mass is 35.5. The number of nitrogens with one attached hydrogen (secondary N) is 2. The van der Waals surface area contributed by atoms with Crippen molar-refractivity contribution >= 4 is 28.9 Å². The zero-order valence-corrected chi connectivity index (χ0v) is 19.4. The molecule has 3 aromatic carbocycles. The van der Waals surface area contributed by atoms with E-state index in [1.807, 2.05) is 87.5 Å². The van der Waals surface area contributed by atoms with Gasteiger partial charge in [0, 0.05) is 40.0 Å². The van der Waals surface area contributed by atoms with Gasteiger partial charge in [-0.2, -0.15) is 0 Å². The maximum Gasteiger partial charge on any atom is 0.226 e. The Kier molecular flexibility index (Phi) is 8.40. The number of para-hydroxylation sites is 1. The molecule has 0 spiro atoms. The first-order chi connectivity index (χ1) is 15.5. The summed E-state index contributed by atoms with van der Waals surface area (Å²) in [4.78, 5) is 11.9. The van der Waals surface area contributed by atoms with Gasteiger partial charge in [0.25, 0.3) is 0 Å². The van der Waals surface area contributed by atoms with Crippen LogP contribution in [0.2, 0.25) is 5.02 Å². The fourth-order valence-corrected chi connectivity index (χ4v) is 3.24. The number of benzene rings is 3. The van der Waals surface area contributed by atoms with E-state index >= 15 is 0 Å². The van der Waals surface area contributed by atoms with Crippen LogP contribution in [-0.4, -0.2) is 12.5 Å². The molecule has 0 atom stereocenters. The molecule has 0 fully saturated rings. The molecule has 3 aromatic rings. The summed E-state index contributed by atoms with van der Waals surface area (Å²) in [5.41, 5.74) is 3.60. The fraction of sp³-hybridized carbons (Fsp3) is 0.269. The van der Waals surface area contributed by atoms with Crippen LogP contribution in [0.1, 0.15) is 31.9 Å². The summed E-state index contributed by atoms with van der Waals surface area (Å²) in [5, 5.41) is 6.98. The van der Waals surface area contributed by atoms with Crippen LogP contribution in [0.25, 0.3) is 0 Å². The average molecular weight is 453 g/mol. The molecular weight excluding hydrogens is 424 g/mol. The van der Waals surface area contributed by atoms with Crippen LogP contribution in [0, 0.1) is 5.92 Å². The quantitative estimate of drug-likeness (QED) is 0.367. The van der Waals surface area contributed by atoms with Gasteiger partial charge in [-0.25, -0.2) is 0 Å². The molecule has 0 saturated heterocycles. The first-order valence-corrected chi connectivity index (χ1v) is 11.1. The van der Waals surface area contributed by atoms with Crippen LogP contribution in [0.5, 0.6) is 11.5 Å². The van der Waals surface area contributed by atoms with E-state index in [2.05, 4.69) is 10.6 Å². The molecule has 0 unspecified atom stereocenters. The highest BCUT2D eigenvalue weighted by molar-refractivity contribution is 6.31. The molecule has 0 heterocycles. The Hall–Kier alpha value is -3.18. The smallest absolute Gasteiger partial charge is 0.226 e. The molecule has 6 heteroatoms. The van der Waals surface area contributed by atoms with Crippen LogP contribution in [0.4, 0.5) is 11.4 Å². The third-order valence-electron chi connectivity index (χ3n) is 4.85. The SMILES string of the molecule is CCOc1cccc(CNc2ccc(NC(=O)C(C)C)cc2)c1OCc1ccccc1Cl. The van der Waals surface area contributed by atoms with Crippen LogP contribution >= 0.6 is 11.6 Å². The number of halogens is 1. The second kappa shape index (κ2) is 11.4. The van der Waals surface area contributed by atoms with Crippen molar-refractivity contribution < 1.29 is 14.3 Å². The normalized spacial score (nSPS) is 10.7. The minimum Gasteiger partial charge on any atom is -0.490 e. The minimum atomic E-state index is -0.0606. The van der Waals surface area contributed by atoms with Crippen molar-refractivity contribution in [3.8, 4) is 11.5 Å². The van der Waals surface area contributed by atoms with Crippen molar-refractivity contribution in [2.45, 2.75) is 33.9 Å². The van der Waals surface area contributed by atoms with E-state index in [4.69, 9.17) is 21.1 Å². The van der Waals surface area contributed by atoms with Crippen LogP contribution in [0.15, 0.2) is 66.7 Å². The van der Waals surface area contributed by atoms with Gasteiger partial charge in [0.15, 0.2) is 11.5 Å². The largest absolute Gasteiger partial charge is 0.490 e. The molecule has 3 rings (SSSR count). The summed E-state index contributed by atoms with van der Waals surface area (Å²) >= 11 is 6.28. The second-order valence-electron chi connectivity index (χ2n) is 7.63. The summed E-state index contributed by atoms with van der Waals surface area (Å²) in [6, 6.07) is 21.1. The van der Waals surface area contributed by atoms with Crippen molar-refractivity contribution in [1.82, 2.24) is 0 Å². The molecule has 0 radical (unpaired) electrons. The maximum absolute atomic E-state index is 11.9. The first-order valence-electron chi connectivity index (χ1n) is 10.7. The lowest BCUT2D eigenvalue weighted by molar-refractivity contribution is -0.118. The molecule has 0 aliphatic heterocycles. The molecule has 0 saturated carbocycles. The predicted molar refractivity (Wildman–Crippen MR) is 131 cm³/mol. The lowest BCUT2D eigenvalue weighted by Crippen LogP contribution is -2.17. The third kappa shape index (κ3) is 6.41. The van der Waals surface area contributed by atoms with Crippen molar-refractivity contribution in [2.75, 3.05) is 17.2 Å². The predicted octanol–water partition coefficient (Wildman–Crippen LogP) is 6.52. The van der Waals surface area contributed by atoms with Crippen molar-refractivity contribution in [3.63, 3.8) is 0 Å². The van der Waals surface area contributed by atoms with Crippen molar-refractivity contribution in [3.05, 3.63) is 82.9 Å². The molecular formula is C26H29ClN2O3. The number of hydrogen-bond acceptors (Lipinski definition) is 4. The van der Waals surface area contributed by atoms with Gasteiger partial charge in [-0.05, 0) is 43.3 Å². The third-order valence-corrected chi connectivity index (χ3v) is 5.22. The zero-order valence-electron chi connectivity index (χ0n) is 18.7. The standard InChI is InChI=1S/C26H29ClN2O3/c1-4-31-24-11-7-9-19(25(24)32-17-20-8-5-6-10-23(20)27)16-28-21-12-14-22(15-13-21)29-26(30)18(2)3/h5-15,18,28H,4,16-17H2,1-3H3,(H,29,30). The van der Waals surface area contributed by atoms with E-state index in [0.29, 0.717) is 36.3 Å². The Morgan fingerprint density at radius 2 is 1.59 bits per heavy atom. The number of rotatable bonds is 10. The Bertz CT molecular complexity index is 1040. The van der Waals surface area contributed by atoms with Gasteiger partial charge in [0.05, 0.1) is 6.61 Å². The number of carbonyl (C=O) groups excluding carboxylic acids is 1. The van der Waals surface area contributed by atoms with Gasteiger partial charge in [-0.1, -0.05) is 55.8 Å². The fourth-order valence-electron chi connectivity index (χ4n) is 3.05. The number of hydrogen-bond donors (Lipinski definition) is 2. The summed E-state index contributed by atoms with van der Waals surface area (Å²) in [6.07, 6.45) is 0. The molecule has 32 heavy (non-hydrogen) atoms. The van der Waals surface area contributed by atoms with Gasteiger partial charge in [0.2, 0.25) is 5.91 Å². The molecule has 5 nitrogen and oxygen atoms in total. The van der Waals surface area contributed by atoms with Gasteiger partial charge < -0.3 is 20.1 Å². The number of anilines is 2. The molecule has 2 N–H and O–H groups in total. The minimum absolute atomic E-state index is 0.00115. The molecule has 0 bridgehead atoms. The number of ether oxygens (including phenoxy) is 2. The summed E-state index contributed by atoms with van der Waals surface area (Å²) in [5.74, 6) is 1.33. The van der Waals surface area contributed by atoms with Crippen LogP contribution in [0.3, 0.4) is 0 Å². The zero-order chi connectivity index (χ0) is 22.9. The maximum atomic E-state index is 11.9. The molecule has 0 aromatic heterocycles. The molecule has 1 amide bonds. The molecule has 0 aliphatic rings. The highest BCUT2D eigenvalue weighted by Gasteiger charge is 2.13. The number of amides is 1. The summed E-state index contributed by atoms with van der Waals surface area (Å²) in [7, 11) is 0. The lowest BCUT2D eigenvalue weighted by atomic mass is 10.1. The number of carbonyl (C=O) groups is 1. The molecule has 0 aliphatic carbocycles. The van der Waals surface area contributed by atoms with Crippen LogP contribution < -0.4 is 20.1 Å². The van der Waals surface area contributed by atoms with E-state index < -0.39 is 0 Å². The van der Waals surface area contributed by atoms with Gasteiger partial charge in [-0.15, -0.1) is 0 Å². The summed E-state index contributed by atoms with van der Waals surface area (Å²) < 4.78 is 12.0. The highest BCUT2D eigenvalue weighted by Crippen LogP contribution is 2.33.